The molecule has 0 spiro atoms. The number of fused-ring (bicyclic) bond motifs is 1. The van der Waals surface area contributed by atoms with Crippen LogP contribution in [0, 0.1) is 13.8 Å². The van der Waals surface area contributed by atoms with Crippen molar-refractivity contribution in [3.05, 3.63) is 59.4 Å². The van der Waals surface area contributed by atoms with E-state index in [-0.39, 0.29) is 5.75 Å². The minimum absolute atomic E-state index is 0.0490. The Balaban J connectivity index is 1.83. The van der Waals surface area contributed by atoms with Gasteiger partial charge in [-0.1, -0.05) is 29.8 Å². The Hall–Kier alpha value is -2.34. The summed E-state index contributed by atoms with van der Waals surface area (Å²) < 4.78 is 29.2. The highest BCUT2D eigenvalue weighted by Gasteiger charge is 2.13. The van der Waals surface area contributed by atoms with Crippen molar-refractivity contribution < 1.29 is 8.42 Å². The number of aryl methyl sites for hydroxylation is 3. The predicted molar refractivity (Wildman–Crippen MR) is 92.9 cm³/mol. The third-order valence-electron chi connectivity index (χ3n) is 3.86. The molecule has 2 aromatic carbocycles. The van der Waals surface area contributed by atoms with E-state index in [1.807, 2.05) is 55.8 Å². The Labute approximate surface area is 136 Å². The van der Waals surface area contributed by atoms with Gasteiger partial charge in [0.15, 0.2) is 0 Å². The molecule has 1 N–H and O–H groups in total. The number of aromatic nitrogens is 2. The van der Waals surface area contributed by atoms with Gasteiger partial charge in [-0.05, 0) is 37.6 Å². The van der Waals surface area contributed by atoms with Crippen LogP contribution in [0.1, 0.15) is 17.0 Å². The molecule has 120 valence electrons. The van der Waals surface area contributed by atoms with Crippen molar-refractivity contribution in [2.45, 2.75) is 19.6 Å². The molecule has 0 aliphatic rings. The van der Waals surface area contributed by atoms with Crippen molar-refractivity contribution >= 4 is 26.7 Å². The van der Waals surface area contributed by atoms with Gasteiger partial charge in [-0.15, -0.1) is 0 Å². The van der Waals surface area contributed by atoms with Crippen LogP contribution in [0.5, 0.6) is 0 Å². The van der Waals surface area contributed by atoms with Crippen LogP contribution in [-0.2, 0) is 22.8 Å². The Morgan fingerprint density at radius 3 is 2.48 bits per heavy atom. The molecule has 0 bridgehead atoms. The lowest BCUT2D eigenvalue weighted by molar-refractivity contribution is 0.600. The molecular weight excluding hydrogens is 310 g/mol. The zero-order valence-corrected chi connectivity index (χ0v) is 14.2. The average Bonchev–Trinajstić information content (AvgIpc) is 2.75. The fraction of sp³-hybridized carbons (Fsp3) is 0.235. The summed E-state index contributed by atoms with van der Waals surface area (Å²) in [5, 5.41) is 0. The van der Waals surface area contributed by atoms with Crippen LogP contribution in [0.15, 0.2) is 42.5 Å². The molecule has 6 heteroatoms. The van der Waals surface area contributed by atoms with Crippen molar-refractivity contribution in [1.82, 2.24) is 9.55 Å². The first kappa shape index (κ1) is 15.6. The van der Waals surface area contributed by atoms with Crippen LogP contribution >= 0.6 is 0 Å². The summed E-state index contributed by atoms with van der Waals surface area (Å²) in [5.74, 6) is 0.840. The van der Waals surface area contributed by atoms with Gasteiger partial charge in [0.1, 0.15) is 5.82 Å². The molecule has 0 fully saturated rings. The third-order valence-corrected chi connectivity index (χ3v) is 5.12. The zero-order valence-electron chi connectivity index (χ0n) is 13.4. The average molecular weight is 329 g/mol. The monoisotopic (exact) mass is 329 g/mol. The van der Waals surface area contributed by atoms with Gasteiger partial charge in [-0.2, -0.15) is 0 Å². The molecule has 0 saturated heterocycles. The fourth-order valence-corrected chi connectivity index (χ4v) is 3.69. The van der Waals surface area contributed by atoms with Crippen LogP contribution in [-0.4, -0.2) is 18.0 Å². The van der Waals surface area contributed by atoms with E-state index >= 15 is 0 Å². The standard InChI is InChI=1S/C17H19N3O2S/c1-12-4-6-14(7-5-12)11-23(21,22)19-15-8-9-17-16(10-15)18-13(2)20(17)3/h4-10,19H,11H2,1-3H3. The van der Waals surface area contributed by atoms with E-state index < -0.39 is 10.0 Å². The van der Waals surface area contributed by atoms with Gasteiger partial charge in [-0.3, -0.25) is 4.72 Å². The van der Waals surface area contributed by atoms with Crippen LogP contribution < -0.4 is 4.72 Å². The topological polar surface area (TPSA) is 64.0 Å². The highest BCUT2D eigenvalue weighted by molar-refractivity contribution is 7.91. The number of sulfonamides is 1. The summed E-state index contributed by atoms with van der Waals surface area (Å²) in [6.07, 6.45) is 0. The van der Waals surface area contributed by atoms with Crippen molar-refractivity contribution in [2.24, 2.45) is 7.05 Å². The summed E-state index contributed by atoms with van der Waals surface area (Å²) in [4.78, 5) is 4.43. The van der Waals surface area contributed by atoms with Gasteiger partial charge in [0.25, 0.3) is 0 Å². The van der Waals surface area contributed by atoms with Crippen molar-refractivity contribution in [2.75, 3.05) is 4.72 Å². The number of nitrogens with zero attached hydrogens (tertiary/aromatic N) is 2. The molecule has 23 heavy (non-hydrogen) atoms. The molecule has 0 amide bonds. The van der Waals surface area contributed by atoms with Crippen LogP contribution in [0.4, 0.5) is 5.69 Å². The lowest BCUT2D eigenvalue weighted by Crippen LogP contribution is -2.15. The molecule has 1 aromatic heterocycles. The molecule has 5 nitrogen and oxygen atoms in total. The van der Waals surface area contributed by atoms with Gasteiger partial charge >= 0.3 is 0 Å². The number of hydrogen-bond donors (Lipinski definition) is 1. The van der Waals surface area contributed by atoms with E-state index in [9.17, 15) is 8.42 Å². The summed E-state index contributed by atoms with van der Waals surface area (Å²) in [5.41, 5.74) is 4.15. The highest BCUT2D eigenvalue weighted by Crippen LogP contribution is 2.21. The van der Waals surface area contributed by atoms with Gasteiger partial charge in [0.05, 0.1) is 22.5 Å². The third kappa shape index (κ3) is 3.37. The SMILES string of the molecule is Cc1ccc(CS(=O)(=O)Nc2ccc3c(c2)nc(C)n3C)cc1. The predicted octanol–water partition coefficient (Wildman–Crippen LogP) is 3.13. The van der Waals surface area contributed by atoms with E-state index in [0.29, 0.717) is 5.69 Å². The van der Waals surface area contributed by atoms with Crippen molar-refractivity contribution in [3.8, 4) is 0 Å². The molecule has 0 unspecified atom stereocenters. The summed E-state index contributed by atoms with van der Waals surface area (Å²) >= 11 is 0. The largest absolute Gasteiger partial charge is 0.331 e. The van der Waals surface area contributed by atoms with E-state index in [1.165, 1.54) is 0 Å². The summed E-state index contributed by atoms with van der Waals surface area (Å²) in [7, 11) is -1.52. The maximum absolute atomic E-state index is 12.3. The van der Waals surface area contributed by atoms with Crippen molar-refractivity contribution in [1.29, 1.82) is 0 Å². The van der Waals surface area contributed by atoms with Gasteiger partial charge in [0.2, 0.25) is 10.0 Å². The number of imidazole rings is 1. The molecule has 3 aromatic rings. The molecule has 3 rings (SSSR count). The maximum Gasteiger partial charge on any atom is 0.236 e. The van der Waals surface area contributed by atoms with Crippen LogP contribution in [0.2, 0.25) is 0 Å². The van der Waals surface area contributed by atoms with E-state index in [4.69, 9.17) is 0 Å². The molecule has 0 aliphatic carbocycles. The Bertz CT molecular complexity index is 957. The molecular formula is C17H19N3O2S. The Kier molecular flexibility index (Phi) is 3.85. The van der Waals surface area contributed by atoms with E-state index in [0.717, 1.165) is 28.0 Å². The first-order chi connectivity index (χ1) is 10.8. The van der Waals surface area contributed by atoms with E-state index in [2.05, 4.69) is 9.71 Å². The first-order valence-electron chi connectivity index (χ1n) is 7.33. The summed E-state index contributed by atoms with van der Waals surface area (Å²) in [6.45, 7) is 3.89. The second-order valence-electron chi connectivity index (χ2n) is 5.77. The number of anilines is 1. The van der Waals surface area contributed by atoms with Gasteiger partial charge in [0, 0.05) is 7.05 Å². The smallest absolute Gasteiger partial charge is 0.236 e. The quantitative estimate of drug-likeness (QED) is 0.800. The Morgan fingerprint density at radius 1 is 1.09 bits per heavy atom. The van der Waals surface area contributed by atoms with Gasteiger partial charge in [-0.25, -0.2) is 13.4 Å². The van der Waals surface area contributed by atoms with Gasteiger partial charge < -0.3 is 4.57 Å². The number of rotatable bonds is 4. The molecule has 0 aliphatic heterocycles. The fourth-order valence-electron chi connectivity index (χ4n) is 2.50. The van der Waals surface area contributed by atoms with E-state index in [1.54, 1.807) is 12.1 Å². The molecule has 0 atom stereocenters. The summed E-state index contributed by atoms with van der Waals surface area (Å²) in [6, 6.07) is 12.9. The Morgan fingerprint density at radius 2 is 1.78 bits per heavy atom. The van der Waals surface area contributed by atoms with Crippen molar-refractivity contribution in [3.63, 3.8) is 0 Å². The van der Waals surface area contributed by atoms with Crippen LogP contribution in [0.25, 0.3) is 11.0 Å². The number of benzene rings is 2. The van der Waals surface area contributed by atoms with Crippen LogP contribution in [0.3, 0.4) is 0 Å². The normalized spacial score (nSPS) is 11.8. The first-order valence-corrected chi connectivity index (χ1v) is 8.98. The molecule has 0 radical (unpaired) electrons. The molecule has 0 saturated carbocycles. The minimum Gasteiger partial charge on any atom is -0.331 e. The lowest BCUT2D eigenvalue weighted by atomic mass is 10.2. The lowest BCUT2D eigenvalue weighted by Gasteiger charge is -2.08. The number of nitrogens with one attached hydrogen (secondary N) is 1. The highest BCUT2D eigenvalue weighted by atomic mass is 32.2. The zero-order chi connectivity index (χ0) is 16.6. The maximum atomic E-state index is 12.3. The second-order valence-corrected chi connectivity index (χ2v) is 7.49. The number of hydrogen-bond acceptors (Lipinski definition) is 3. The molecule has 1 heterocycles. The minimum atomic E-state index is -3.46. The second kappa shape index (κ2) is 5.70.